The zero-order valence-electron chi connectivity index (χ0n) is 10.4. The van der Waals surface area contributed by atoms with Gasteiger partial charge in [-0.2, -0.15) is 0 Å². The van der Waals surface area contributed by atoms with Gasteiger partial charge in [0.25, 0.3) is 0 Å². The summed E-state index contributed by atoms with van der Waals surface area (Å²) in [5.41, 5.74) is 2.84. The van der Waals surface area contributed by atoms with E-state index in [0.29, 0.717) is 11.9 Å². The van der Waals surface area contributed by atoms with E-state index in [-0.39, 0.29) is 0 Å². The Morgan fingerprint density at radius 3 is 2.89 bits per heavy atom. The molecule has 0 saturated heterocycles. The minimum absolute atomic E-state index is 0.695. The van der Waals surface area contributed by atoms with Gasteiger partial charge in [-0.25, -0.2) is 15.0 Å². The van der Waals surface area contributed by atoms with E-state index in [1.807, 2.05) is 31.2 Å². The van der Waals surface area contributed by atoms with E-state index in [4.69, 9.17) is 0 Å². The maximum absolute atomic E-state index is 4.55. The number of aryl methyl sites for hydroxylation is 1. The second-order valence-corrected chi connectivity index (χ2v) is 4.69. The Kier molecular flexibility index (Phi) is 3.02. The second kappa shape index (κ2) is 4.82. The predicted octanol–water partition coefficient (Wildman–Crippen LogP) is 2.10. The molecule has 1 N–H and O–H groups in total. The van der Waals surface area contributed by atoms with Crippen molar-refractivity contribution in [1.29, 1.82) is 0 Å². The number of rotatable bonds is 4. The highest BCUT2D eigenvalue weighted by atomic mass is 15.0. The van der Waals surface area contributed by atoms with Crippen molar-refractivity contribution in [1.82, 2.24) is 20.3 Å². The zero-order chi connectivity index (χ0) is 12.4. The predicted molar refractivity (Wildman–Crippen MR) is 69.9 cm³/mol. The molecule has 3 rings (SSSR count). The molecule has 1 saturated carbocycles. The zero-order valence-corrected chi connectivity index (χ0v) is 10.4. The fourth-order valence-corrected chi connectivity index (χ4v) is 1.82. The number of pyridine rings is 1. The summed E-state index contributed by atoms with van der Waals surface area (Å²) in [4.78, 5) is 13.3. The average molecular weight is 240 g/mol. The van der Waals surface area contributed by atoms with Crippen molar-refractivity contribution in [2.45, 2.75) is 32.4 Å². The molecule has 0 spiro atoms. The molecule has 2 aromatic rings. The molecule has 4 nitrogen and oxygen atoms in total. The van der Waals surface area contributed by atoms with E-state index in [9.17, 15) is 0 Å². The van der Waals surface area contributed by atoms with Gasteiger partial charge in [-0.3, -0.25) is 0 Å². The van der Waals surface area contributed by atoms with E-state index in [1.165, 1.54) is 12.8 Å². The first-order chi connectivity index (χ1) is 8.81. The standard InChI is InChI=1S/C14H16N4/c1-10-3-2-4-13(17-10)14-15-8-7-12(18-14)9-16-11-5-6-11/h2-4,7-8,11,16H,5-6,9H2,1H3. The summed E-state index contributed by atoms with van der Waals surface area (Å²) in [5, 5.41) is 3.45. The summed E-state index contributed by atoms with van der Waals surface area (Å²) in [6.45, 7) is 2.79. The quantitative estimate of drug-likeness (QED) is 0.889. The highest BCUT2D eigenvalue weighted by Crippen LogP contribution is 2.19. The summed E-state index contributed by atoms with van der Waals surface area (Å²) in [5.74, 6) is 0.703. The molecule has 1 aliphatic carbocycles. The van der Waals surface area contributed by atoms with Crippen LogP contribution in [-0.2, 0) is 6.54 Å². The van der Waals surface area contributed by atoms with Gasteiger partial charge in [0, 0.05) is 24.5 Å². The van der Waals surface area contributed by atoms with Crippen LogP contribution in [0.15, 0.2) is 30.5 Å². The maximum Gasteiger partial charge on any atom is 0.178 e. The SMILES string of the molecule is Cc1cccc(-c2nccc(CNC3CC3)n2)n1. The number of hydrogen-bond acceptors (Lipinski definition) is 4. The number of nitrogens with one attached hydrogen (secondary N) is 1. The van der Waals surface area contributed by atoms with Crippen LogP contribution in [0.5, 0.6) is 0 Å². The Morgan fingerprint density at radius 2 is 2.11 bits per heavy atom. The third-order valence-corrected chi connectivity index (χ3v) is 2.98. The normalized spacial score (nSPS) is 14.7. The van der Waals surface area contributed by atoms with Crippen molar-refractivity contribution in [2.24, 2.45) is 0 Å². The first-order valence-electron chi connectivity index (χ1n) is 6.30. The molecule has 92 valence electrons. The Bertz CT molecular complexity index is 549. The van der Waals surface area contributed by atoms with E-state index >= 15 is 0 Å². The highest BCUT2D eigenvalue weighted by molar-refractivity contribution is 5.48. The summed E-state index contributed by atoms with van der Waals surface area (Å²) in [6.07, 6.45) is 4.38. The summed E-state index contributed by atoms with van der Waals surface area (Å²) in [7, 11) is 0. The number of hydrogen-bond donors (Lipinski definition) is 1. The van der Waals surface area contributed by atoms with E-state index < -0.39 is 0 Å². The van der Waals surface area contributed by atoms with Crippen molar-refractivity contribution in [3.05, 3.63) is 41.9 Å². The van der Waals surface area contributed by atoms with Crippen LogP contribution in [0.25, 0.3) is 11.5 Å². The van der Waals surface area contributed by atoms with Gasteiger partial charge >= 0.3 is 0 Å². The number of nitrogens with zero attached hydrogens (tertiary/aromatic N) is 3. The molecule has 0 aliphatic heterocycles. The van der Waals surface area contributed by atoms with Gasteiger partial charge in [-0.1, -0.05) is 6.07 Å². The van der Waals surface area contributed by atoms with Crippen LogP contribution in [0.1, 0.15) is 24.2 Å². The van der Waals surface area contributed by atoms with Crippen LogP contribution in [0, 0.1) is 6.92 Å². The van der Waals surface area contributed by atoms with Crippen LogP contribution in [0.2, 0.25) is 0 Å². The lowest BCUT2D eigenvalue weighted by atomic mass is 10.3. The molecule has 2 aromatic heterocycles. The third kappa shape index (κ3) is 2.71. The molecule has 0 radical (unpaired) electrons. The molecule has 0 aromatic carbocycles. The first-order valence-corrected chi connectivity index (χ1v) is 6.30. The summed E-state index contributed by atoms with van der Waals surface area (Å²) >= 11 is 0. The van der Waals surface area contributed by atoms with Gasteiger partial charge in [-0.15, -0.1) is 0 Å². The van der Waals surface area contributed by atoms with Crippen molar-refractivity contribution < 1.29 is 0 Å². The van der Waals surface area contributed by atoms with Gasteiger partial charge in [0.1, 0.15) is 5.69 Å². The van der Waals surface area contributed by atoms with Gasteiger partial charge in [0.2, 0.25) is 0 Å². The van der Waals surface area contributed by atoms with Crippen molar-refractivity contribution >= 4 is 0 Å². The van der Waals surface area contributed by atoms with Crippen LogP contribution >= 0.6 is 0 Å². The van der Waals surface area contributed by atoms with Gasteiger partial charge in [0.15, 0.2) is 5.82 Å². The summed E-state index contributed by atoms with van der Waals surface area (Å²) < 4.78 is 0. The molecule has 0 amide bonds. The fourth-order valence-electron chi connectivity index (χ4n) is 1.82. The van der Waals surface area contributed by atoms with Gasteiger partial charge in [-0.05, 0) is 38.0 Å². The van der Waals surface area contributed by atoms with Gasteiger partial charge in [0.05, 0.1) is 5.69 Å². The lowest BCUT2D eigenvalue weighted by Crippen LogP contribution is -2.16. The Labute approximate surface area is 107 Å². The molecule has 1 fully saturated rings. The smallest absolute Gasteiger partial charge is 0.178 e. The largest absolute Gasteiger partial charge is 0.308 e. The van der Waals surface area contributed by atoms with Crippen LogP contribution in [0.4, 0.5) is 0 Å². The molecule has 4 heteroatoms. The van der Waals surface area contributed by atoms with E-state index in [0.717, 1.165) is 23.6 Å². The van der Waals surface area contributed by atoms with Crippen LogP contribution < -0.4 is 5.32 Å². The number of aromatic nitrogens is 3. The van der Waals surface area contributed by atoms with Crippen LogP contribution in [-0.4, -0.2) is 21.0 Å². The topological polar surface area (TPSA) is 50.7 Å². The van der Waals surface area contributed by atoms with E-state index in [2.05, 4.69) is 20.3 Å². The first kappa shape index (κ1) is 11.3. The van der Waals surface area contributed by atoms with Crippen molar-refractivity contribution in [2.75, 3.05) is 0 Å². The van der Waals surface area contributed by atoms with Crippen molar-refractivity contribution in [3.63, 3.8) is 0 Å². The van der Waals surface area contributed by atoms with E-state index in [1.54, 1.807) is 6.20 Å². The molecule has 1 aliphatic rings. The molecular formula is C14H16N4. The molecule has 0 atom stereocenters. The third-order valence-electron chi connectivity index (χ3n) is 2.98. The molecular weight excluding hydrogens is 224 g/mol. The Hall–Kier alpha value is -1.81. The summed E-state index contributed by atoms with van der Waals surface area (Å²) in [6, 6.07) is 8.55. The Morgan fingerprint density at radius 1 is 1.22 bits per heavy atom. The maximum atomic E-state index is 4.55. The molecule has 0 bridgehead atoms. The molecule has 0 unspecified atom stereocenters. The average Bonchev–Trinajstić information content (AvgIpc) is 3.21. The molecule has 2 heterocycles. The fraction of sp³-hybridized carbons (Fsp3) is 0.357. The lowest BCUT2D eigenvalue weighted by Gasteiger charge is -2.04. The Balaban J connectivity index is 1.80. The van der Waals surface area contributed by atoms with Gasteiger partial charge < -0.3 is 5.32 Å². The van der Waals surface area contributed by atoms with Crippen LogP contribution in [0.3, 0.4) is 0 Å². The highest BCUT2D eigenvalue weighted by Gasteiger charge is 2.20. The lowest BCUT2D eigenvalue weighted by molar-refractivity contribution is 0.673. The minimum Gasteiger partial charge on any atom is -0.308 e. The molecule has 18 heavy (non-hydrogen) atoms. The minimum atomic E-state index is 0.695. The van der Waals surface area contributed by atoms with Crippen molar-refractivity contribution in [3.8, 4) is 11.5 Å². The second-order valence-electron chi connectivity index (χ2n) is 4.69. The monoisotopic (exact) mass is 240 g/mol.